The normalized spacial score (nSPS) is 11.6. The molecular formula is C21H29F2N3O4. The topological polar surface area (TPSA) is 77.2 Å². The summed E-state index contributed by atoms with van der Waals surface area (Å²) >= 11 is 0. The van der Waals surface area contributed by atoms with Crippen LogP contribution in [0.25, 0.3) is 0 Å². The largest absolute Gasteiger partial charge is 0.497 e. The molecule has 9 heteroatoms. The Morgan fingerprint density at radius 2 is 2.03 bits per heavy atom. The van der Waals surface area contributed by atoms with E-state index in [1.807, 2.05) is 19.1 Å². The third-order valence-electron chi connectivity index (χ3n) is 4.10. The summed E-state index contributed by atoms with van der Waals surface area (Å²) in [4.78, 5) is 4.52. The van der Waals surface area contributed by atoms with Gasteiger partial charge in [-0.15, -0.1) is 0 Å². The minimum Gasteiger partial charge on any atom is -0.497 e. The molecule has 0 spiro atoms. The number of furan rings is 1. The van der Waals surface area contributed by atoms with E-state index in [4.69, 9.17) is 13.9 Å². The van der Waals surface area contributed by atoms with Crippen LogP contribution in [-0.4, -0.2) is 46.0 Å². The molecule has 0 fully saturated rings. The Morgan fingerprint density at radius 1 is 1.20 bits per heavy atom. The molecule has 0 aliphatic heterocycles. The SMILES string of the molecule is CCOCCCNC(=NCc1cc(OC)ccc1OC(F)F)NCCc1ccco1. The Labute approximate surface area is 175 Å². The second kappa shape index (κ2) is 13.4. The number of guanidine groups is 1. The number of nitrogens with one attached hydrogen (secondary N) is 2. The van der Waals surface area contributed by atoms with Gasteiger partial charge >= 0.3 is 6.61 Å². The van der Waals surface area contributed by atoms with Gasteiger partial charge in [-0.05, 0) is 43.7 Å². The molecule has 166 valence electrons. The van der Waals surface area contributed by atoms with E-state index in [-0.39, 0.29) is 12.3 Å². The molecule has 0 aliphatic rings. The van der Waals surface area contributed by atoms with Gasteiger partial charge in [-0.3, -0.25) is 0 Å². The summed E-state index contributed by atoms with van der Waals surface area (Å²) in [5.41, 5.74) is 0.496. The van der Waals surface area contributed by atoms with E-state index < -0.39 is 6.61 Å². The minimum absolute atomic E-state index is 0.0702. The summed E-state index contributed by atoms with van der Waals surface area (Å²) in [6.07, 6.45) is 3.13. The smallest absolute Gasteiger partial charge is 0.387 e. The van der Waals surface area contributed by atoms with Crippen LogP contribution in [0.3, 0.4) is 0 Å². The van der Waals surface area contributed by atoms with Crippen LogP contribution in [0, 0.1) is 0 Å². The molecule has 0 radical (unpaired) electrons. The molecule has 0 bridgehead atoms. The number of halogens is 2. The monoisotopic (exact) mass is 425 g/mol. The highest BCUT2D eigenvalue weighted by Crippen LogP contribution is 2.26. The number of nitrogens with zero attached hydrogens (tertiary/aromatic N) is 1. The van der Waals surface area contributed by atoms with Crippen molar-refractivity contribution in [2.75, 3.05) is 33.4 Å². The van der Waals surface area contributed by atoms with Crippen molar-refractivity contribution in [2.24, 2.45) is 4.99 Å². The van der Waals surface area contributed by atoms with Crippen molar-refractivity contribution < 1.29 is 27.4 Å². The van der Waals surface area contributed by atoms with Crippen LogP contribution >= 0.6 is 0 Å². The maximum atomic E-state index is 12.7. The van der Waals surface area contributed by atoms with E-state index in [1.165, 1.54) is 13.2 Å². The van der Waals surface area contributed by atoms with E-state index in [1.54, 1.807) is 18.4 Å². The van der Waals surface area contributed by atoms with Crippen LogP contribution in [0.2, 0.25) is 0 Å². The van der Waals surface area contributed by atoms with Crippen molar-refractivity contribution in [1.82, 2.24) is 10.6 Å². The Bertz CT molecular complexity index is 755. The maximum Gasteiger partial charge on any atom is 0.387 e. The lowest BCUT2D eigenvalue weighted by Crippen LogP contribution is -2.39. The van der Waals surface area contributed by atoms with Gasteiger partial charge in [-0.2, -0.15) is 8.78 Å². The molecule has 2 aromatic rings. The first-order valence-electron chi connectivity index (χ1n) is 9.86. The molecule has 0 unspecified atom stereocenters. The van der Waals surface area contributed by atoms with E-state index in [0.29, 0.717) is 50.0 Å². The number of hydrogen-bond acceptors (Lipinski definition) is 5. The van der Waals surface area contributed by atoms with Crippen LogP contribution in [0.5, 0.6) is 11.5 Å². The molecule has 0 aliphatic carbocycles. The van der Waals surface area contributed by atoms with Crippen molar-refractivity contribution in [3.8, 4) is 11.5 Å². The van der Waals surface area contributed by atoms with Gasteiger partial charge < -0.3 is 29.3 Å². The second-order valence-corrected chi connectivity index (χ2v) is 6.25. The number of aliphatic imine (C=N–C) groups is 1. The molecule has 2 N–H and O–H groups in total. The quantitative estimate of drug-likeness (QED) is 0.290. The number of methoxy groups -OCH3 is 1. The number of alkyl halides is 2. The van der Waals surface area contributed by atoms with E-state index >= 15 is 0 Å². The van der Waals surface area contributed by atoms with Crippen molar-refractivity contribution >= 4 is 5.96 Å². The highest BCUT2D eigenvalue weighted by Gasteiger charge is 2.11. The molecule has 1 aromatic heterocycles. The summed E-state index contributed by atoms with van der Waals surface area (Å²) < 4.78 is 45.9. The van der Waals surface area contributed by atoms with Gasteiger partial charge in [0.05, 0.1) is 19.9 Å². The fraction of sp³-hybridized carbons (Fsp3) is 0.476. The lowest BCUT2D eigenvalue weighted by Gasteiger charge is -2.14. The first-order chi connectivity index (χ1) is 14.6. The van der Waals surface area contributed by atoms with Gasteiger partial charge in [-0.1, -0.05) is 0 Å². The Kier molecular flexibility index (Phi) is 10.5. The van der Waals surface area contributed by atoms with Crippen LogP contribution in [0.15, 0.2) is 46.0 Å². The highest BCUT2D eigenvalue weighted by molar-refractivity contribution is 5.79. The van der Waals surface area contributed by atoms with Crippen LogP contribution in [0.1, 0.15) is 24.7 Å². The van der Waals surface area contributed by atoms with Crippen molar-refractivity contribution in [3.05, 3.63) is 47.9 Å². The fourth-order valence-electron chi connectivity index (χ4n) is 2.64. The third kappa shape index (κ3) is 8.69. The van der Waals surface area contributed by atoms with Crippen molar-refractivity contribution in [2.45, 2.75) is 32.9 Å². The zero-order valence-corrected chi connectivity index (χ0v) is 17.3. The zero-order valence-electron chi connectivity index (χ0n) is 17.3. The van der Waals surface area contributed by atoms with Crippen LogP contribution in [-0.2, 0) is 17.7 Å². The van der Waals surface area contributed by atoms with Crippen molar-refractivity contribution in [1.29, 1.82) is 0 Å². The number of benzene rings is 1. The average molecular weight is 425 g/mol. The summed E-state index contributed by atoms with van der Waals surface area (Å²) in [5, 5.41) is 6.45. The molecule has 2 rings (SSSR count). The van der Waals surface area contributed by atoms with Gasteiger partial charge in [0.1, 0.15) is 17.3 Å². The van der Waals surface area contributed by atoms with E-state index in [0.717, 1.165) is 12.2 Å². The molecule has 1 heterocycles. The lowest BCUT2D eigenvalue weighted by atomic mass is 10.2. The summed E-state index contributed by atoms with van der Waals surface area (Å²) in [5.74, 6) is 2.03. The van der Waals surface area contributed by atoms with Gasteiger partial charge in [0.2, 0.25) is 0 Å². The van der Waals surface area contributed by atoms with Crippen molar-refractivity contribution in [3.63, 3.8) is 0 Å². The Balaban J connectivity index is 2.03. The lowest BCUT2D eigenvalue weighted by molar-refractivity contribution is -0.0504. The molecule has 0 saturated carbocycles. The van der Waals surface area contributed by atoms with Gasteiger partial charge in [-0.25, -0.2) is 4.99 Å². The fourth-order valence-corrected chi connectivity index (χ4v) is 2.64. The van der Waals surface area contributed by atoms with Crippen LogP contribution < -0.4 is 20.1 Å². The number of rotatable bonds is 13. The minimum atomic E-state index is -2.91. The summed E-state index contributed by atoms with van der Waals surface area (Å²) in [7, 11) is 1.51. The average Bonchev–Trinajstić information content (AvgIpc) is 3.25. The molecule has 1 aromatic carbocycles. The first-order valence-corrected chi connectivity index (χ1v) is 9.86. The molecule has 7 nitrogen and oxygen atoms in total. The van der Waals surface area contributed by atoms with Gasteiger partial charge in [0, 0.05) is 38.3 Å². The van der Waals surface area contributed by atoms with Gasteiger partial charge in [0.25, 0.3) is 0 Å². The predicted octanol–water partition coefficient (Wildman–Crippen LogP) is 3.59. The standard InChI is InChI=1S/C21H29F2N3O4/c1-3-28-12-5-10-24-21(25-11-9-17-6-4-13-29-17)26-15-16-14-18(27-2)7-8-19(16)30-20(22)23/h4,6-8,13-14,20H,3,5,9-12,15H2,1-2H3,(H2,24,25,26). The maximum absolute atomic E-state index is 12.7. The third-order valence-corrected chi connectivity index (χ3v) is 4.10. The molecule has 0 atom stereocenters. The first kappa shape index (κ1) is 23.5. The molecular weight excluding hydrogens is 396 g/mol. The second-order valence-electron chi connectivity index (χ2n) is 6.25. The van der Waals surface area contributed by atoms with Crippen LogP contribution in [0.4, 0.5) is 8.78 Å². The summed E-state index contributed by atoms with van der Waals surface area (Å²) in [6, 6.07) is 8.40. The Morgan fingerprint density at radius 3 is 2.73 bits per heavy atom. The zero-order chi connectivity index (χ0) is 21.6. The highest BCUT2D eigenvalue weighted by atomic mass is 19.3. The molecule has 30 heavy (non-hydrogen) atoms. The molecule has 0 amide bonds. The number of hydrogen-bond donors (Lipinski definition) is 2. The van der Waals surface area contributed by atoms with Gasteiger partial charge in [0.15, 0.2) is 5.96 Å². The molecule has 0 saturated heterocycles. The van der Waals surface area contributed by atoms with E-state index in [9.17, 15) is 8.78 Å². The predicted molar refractivity (Wildman–Crippen MR) is 110 cm³/mol. The Hall–Kier alpha value is -2.81. The number of ether oxygens (including phenoxy) is 3. The summed E-state index contributed by atoms with van der Waals surface area (Å²) in [6.45, 7) is 1.75. The van der Waals surface area contributed by atoms with E-state index in [2.05, 4.69) is 20.4 Å².